The molecule has 0 heterocycles. The maximum Gasteiger partial charge on any atom is 0.255 e. The van der Waals surface area contributed by atoms with Crippen molar-refractivity contribution in [1.29, 1.82) is 0 Å². The summed E-state index contributed by atoms with van der Waals surface area (Å²) in [7, 11) is 1.55. The molecular weight excluding hydrogens is 379 g/mol. The highest BCUT2D eigenvalue weighted by Crippen LogP contribution is 2.30. The fourth-order valence-corrected chi connectivity index (χ4v) is 2.51. The van der Waals surface area contributed by atoms with Crippen molar-refractivity contribution in [3.63, 3.8) is 0 Å². The van der Waals surface area contributed by atoms with Crippen LogP contribution in [0.25, 0.3) is 0 Å². The Morgan fingerprint density at radius 2 is 1.95 bits per heavy atom. The van der Waals surface area contributed by atoms with Gasteiger partial charge in [0.2, 0.25) is 0 Å². The first kappa shape index (κ1) is 15.9. The largest absolute Gasteiger partial charge is 0.497 e. The molecule has 0 unspecified atom stereocenters. The lowest BCUT2D eigenvalue weighted by Crippen LogP contribution is -2.12. The molecule has 0 aliphatic carbocycles. The highest BCUT2D eigenvalue weighted by molar-refractivity contribution is 9.10. The van der Waals surface area contributed by atoms with E-state index in [0.717, 1.165) is 4.47 Å². The van der Waals surface area contributed by atoms with Gasteiger partial charge in [0.1, 0.15) is 5.75 Å². The summed E-state index contributed by atoms with van der Waals surface area (Å²) < 4.78 is 5.92. The molecule has 21 heavy (non-hydrogen) atoms. The fraction of sp³-hybridized carbons (Fsp3) is 0.0714. The number of methoxy groups -OCH3 is 1. The van der Waals surface area contributed by atoms with E-state index in [1.807, 2.05) is 0 Å². The molecule has 2 rings (SSSR count). The van der Waals surface area contributed by atoms with Crippen LogP contribution in [0.3, 0.4) is 0 Å². The van der Waals surface area contributed by atoms with Gasteiger partial charge in [-0.25, -0.2) is 0 Å². The Morgan fingerprint density at radius 3 is 2.57 bits per heavy atom. The summed E-state index contributed by atoms with van der Waals surface area (Å²) in [6.45, 7) is 0. The Kier molecular flexibility index (Phi) is 4.98. The van der Waals surface area contributed by atoms with Crippen LogP contribution >= 0.6 is 39.1 Å². The predicted octanol–water partition coefficient (Wildman–Crippen LogP) is 4.60. The van der Waals surface area contributed by atoms with E-state index in [9.17, 15) is 4.79 Å². The quantitative estimate of drug-likeness (QED) is 0.754. The van der Waals surface area contributed by atoms with Crippen molar-refractivity contribution in [1.82, 2.24) is 0 Å². The number of hydrogen-bond acceptors (Lipinski definition) is 3. The number of nitrogens with one attached hydrogen (secondary N) is 1. The second-order valence-electron chi connectivity index (χ2n) is 4.20. The van der Waals surface area contributed by atoms with Gasteiger partial charge in [0, 0.05) is 21.8 Å². The monoisotopic (exact) mass is 388 g/mol. The summed E-state index contributed by atoms with van der Waals surface area (Å²) in [5.74, 6) is 0.272. The van der Waals surface area contributed by atoms with Gasteiger partial charge in [-0.2, -0.15) is 0 Å². The number of rotatable bonds is 3. The Balaban J connectivity index is 2.28. The highest BCUT2D eigenvalue weighted by Gasteiger charge is 2.12. The summed E-state index contributed by atoms with van der Waals surface area (Å²) in [6.07, 6.45) is 0. The van der Waals surface area contributed by atoms with Crippen LogP contribution in [0.5, 0.6) is 5.75 Å². The first-order chi connectivity index (χ1) is 9.90. The zero-order chi connectivity index (χ0) is 15.6. The van der Waals surface area contributed by atoms with Gasteiger partial charge in [-0.05, 0) is 24.3 Å². The summed E-state index contributed by atoms with van der Waals surface area (Å²) >= 11 is 15.1. The Bertz CT molecular complexity index is 684. The summed E-state index contributed by atoms with van der Waals surface area (Å²) in [5, 5.41) is 3.21. The van der Waals surface area contributed by atoms with Crippen molar-refractivity contribution in [3.05, 3.63) is 50.4 Å². The minimum atomic E-state index is -0.347. The lowest BCUT2D eigenvalue weighted by Gasteiger charge is -2.10. The number of nitrogens with two attached hydrogens (primary N) is 1. The molecule has 0 saturated carbocycles. The number of carbonyl (C=O) groups excluding carboxylic acids is 1. The number of benzene rings is 2. The van der Waals surface area contributed by atoms with Gasteiger partial charge in [0.15, 0.2) is 0 Å². The third-order valence-corrected chi connectivity index (χ3v) is 3.96. The molecule has 2 aromatic carbocycles. The highest BCUT2D eigenvalue weighted by atomic mass is 79.9. The normalized spacial score (nSPS) is 10.3. The second-order valence-corrected chi connectivity index (χ2v) is 5.90. The maximum atomic E-state index is 12.2. The van der Waals surface area contributed by atoms with Crippen molar-refractivity contribution in [2.24, 2.45) is 0 Å². The number of halogens is 3. The van der Waals surface area contributed by atoms with Crippen molar-refractivity contribution >= 4 is 56.4 Å². The fourth-order valence-electron chi connectivity index (χ4n) is 1.70. The number of amides is 1. The van der Waals surface area contributed by atoms with Crippen molar-refractivity contribution in [2.75, 3.05) is 18.2 Å². The van der Waals surface area contributed by atoms with Gasteiger partial charge in [-0.1, -0.05) is 39.1 Å². The number of hydrogen-bond donors (Lipinski definition) is 2. The molecule has 0 radical (unpaired) electrons. The van der Waals surface area contributed by atoms with Gasteiger partial charge in [-0.3, -0.25) is 4.79 Å². The number of anilines is 2. The minimum Gasteiger partial charge on any atom is -0.497 e. The molecule has 4 nitrogen and oxygen atoms in total. The Hall–Kier alpha value is -1.43. The lowest BCUT2D eigenvalue weighted by atomic mass is 10.2. The number of ether oxygens (including phenoxy) is 1. The molecule has 0 spiro atoms. The van der Waals surface area contributed by atoms with E-state index in [0.29, 0.717) is 17.0 Å². The van der Waals surface area contributed by atoms with Crippen molar-refractivity contribution in [2.45, 2.75) is 0 Å². The average molecular weight is 390 g/mol. The second kappa shape index (κ2) is 6.56. The molecule has 110 valence electrons. The zero-order valence-corrected chi connectivity index (χ0v) is 14.0. The van der Waals surface area contributed by atoms with Crippen LogP contribution in [0.2, 0.25) is 10.0 Å². The first-order valence-corrected chi connectivity index (χ1v) is 7.36. The van der Waals surface area contributed by atoms with Crippen LogP contribution in [0.1, 0.15) is 10.4 Å². The molecule has 7 heteroatoms. The minimum absolute atomic E-state index is 0.230. The average Bonchev–Trinajstić information content (AvgIpc) is 2.43. The summed E-state index contributed by atoms with van der Waals surface area (Å²) in [6, 6.07) is 8.17. The van der Waals surface area contributed by atoms with Gasteiger partial charge < -0.3 is 15.8 Å². The van der Waals surface area contributed by atoms with Crippen LogP contribution in [-0.4, -0.2) is 13.0 Å². The topological polar surface area (TPSA) is 64.3 Å². The first-order valence-electron chi connectivity index (χ1n) is 5.81. The van der Waals surface area contributed by atoms with Crippen LogP contribution < -0.4 is 15.8 Å². The standard InChI is InChI=1S/C14H11BrCl2N2O2/c1-21-10-5-8(15)4-9(6-10)19-14(20)7-2-11(16)13(17)12(18)3-7/h2-6H,18H2,1H3,(H,19,20). The summed E-state index contributed by atoms with van der Waals surface area (Å²) in [5.41, 5.74) is 6.85. The Morgan fingerprint density at radius 1 is 1.24 bits per heavy atom. The Labute approximate surface area is 140 Å². The SMILES string of the molecule is COc1cc(Br)cc(NC(=O)c2cc(N)c(Cl)c(Cl)c2)c1. The molecule has 1 amide bonds. The van der Waals surface area contributed by atoms with E-state index < -0.39 is 0 Å². The van der Waals surface area contributed by atoms with Crippen LogP contribution in [0.4, 0.5) is 11.4 Å². The van der Waals surface area contributed by atoms with Crippen LogP contribution in [0.15, 0.2) is 34.8 Å². The summed E-state index contributed by atoms with van der Waals surface area (Å²) in [4.78, 5) is 12.2. The molecule has 0 aliphatic heterocycles. The lowest BCUT2D eigenvalue weighted by molar-refractivity contribution is 0.102. The zero-order valence-electron chi connectivity index (χ0n) is 10.9. The number of nitrogen functional groups attached to an aromatic ring is 1. The van der Waals surface area contributed by atoms with E-state index >= 15 is 0 Å². The molecule has 0 aromatic heterocycles. The van der Waals surface area contributed by atoms with E-state index in [1.54, 1.807) is 25.3 Å². The van der Waals surface area contributed by atoms with Crippen molar-refractivity contribution < 1.29 is 9.53 Å². The van der Waals surface area contributed by atoms with Gasteiger partial charge in [0.05, 0.1) is 22.8 Å². The van der Waals surface area contributed by atoms with Crippen LogP contribution in [0, 0.1) is 0 Å². The molecule has 0 atom stereocenters. The van der Waals surface area contributed by atoms with Gasteiger partial charge >= 0.3 is 0 Å². The molecular formula is C14H11BrCl2N2O2. The van der Waals surface area contributed by atoms with E-state index in [2.05, 4.69) is 21.2 Å². The predicted molar refractivity (Wildman–Crippen MR) is 89.5 cm³/mol. The smallest absolute Gasteiger partial charge is 0.255 e. The van der Waals surface area contributed by atoms with E-state index in [1.165, 1.54) is 12.1 Å². The molecule has 2 aromatic rings. The molecule has 3 N–H and O–H groups in total. The molecule has 0 saturated heterocycles. The molecule has 0 fully saturated rings. The van der Waals surface area contributed by atoms with Crippen molar-refractivity contribution in [3.8, 4) is 5.75 Å². The van der Waals surface area contributed by atoms with Gasteiger partial charge in [-0.15, -0.1) is 0 Å². The van der Waals surface area contributed by atoms with Gasteiger partial charge in [0.25, 0.3) is 5.91 Å². The van der Waals surface area contributed by atoms with E-state index in [-0.39, 0.29) is 21.6 Å². The molecule has 0 bridgehead atoms. The van der Waals surface area contributed by atoms with E-state index in [4.69, 9.17) is 33.7 Å². The molecule has 0 aliphatic rings. The maximum absolute atomic E-state index is 12.2. The van der Waals surface area contributed by atoms with Crippen LogP contribution in [-0.2, 0) is 0 Å². The third-order valence-electron chi connectivity index (χ3n) is 2.68. The third kappa shape index (κ3) is 3.81. The number of carbonyl (C=O) groups is 1.